The molecule has 0 aromatic rings. The lowest BCUT2D eigenvalue weighted by Crippen LogP contribution is -2.59. The van der Waals surface area contributed by atoms with Crippen LogP contribution in [0.2, 0.25) is 0 Å². The second-order valence-electron chi connectivity index (χ2n) is 3.31. The first-order valence-electron chi connectivity index (χ1n) is 5.76. The molecule has 0 aliphatic heterocycles. The number of hydrogen-bond donors (Lipinski definition) is 1. The predicted molar refractivity (Wildman–Crippen MR) is 66.3 cm³/mol. The largest absolute Gasteiger partial charge is 0.522 e. The maximum atomic E-state index is 11.4. The summed E-state index contributed by atoms with van der Waals surface area (Å²) >= 11 is 0. The quantitative estimate of drug-likeness (QED) is 0.507. The fraction of sp³-hybridized carbons (Fsp3) is 1.00. The van der Waals surface area contributed by atoms with Gasteiger partial charge >= 0.3 is 8.80 Å². The normalized spacial score (nSPS) is 14.9. The molecule has 0 saturated heterocycles. The van der Waals surface area contributed by atoms with Crippen LogP contribution in [0, 0.1) is 0 Å². The highest BCUT2D eigenvalue weighted by Crippen LogP contribution is 2.23. The van der Waals surface area contributed by atoms with Gasteiger partial charge in [-0.2, -0.15) is 8.42 Å². The van der Waals surface area contributed by atoms with Crippen LogP contribution in [0.3, 0.4) is 0 Å². The zero-order chi connectivity index (χ0) is 13.5. The van der Waals surface area contributed by atoms with Gasteiger partial charge in [0.25, 0.3) is 10.1 Å². The summed E-state index contributed by atoms with van der Waals surface area (Å²) in [5.41, 5.74) is 0. The molecule has 0 heterocycles. The van der Waals surface area contributed by atoms with E-state index in [-0.39, 0.29) is 26.2 Å². The van der Waals surface area contributed by atoms with Crippen molar-refractivity contribution in [2.75, 3.05) is 19.8 Å². The van der Waals surface area contributed by atoms with Gasteiger partial charge in [-0.05, 0) is 27.2 Å². The summed E-state index contributed by atoms with van der Waals surface area (Å²) in [5, 5.41) is 0. The Kier molecular flexibility index (Phi) is 7.45. The molecule has 0 rings (SSSR count). The van der Waals surface area contributed by atoms with Crippen LogP contribution in [0.4, 0.5) is 0 Å². The SMILES string of the molecule is CCO[Si](OCC)(OCC)C(CC)S(=O)(=O)O. The van der Waals surface area contributed by atoms with Crippen molar-refractivity contribution < 1.29 is 26.2 Å². The van der Waals surface area contributed by atoms with E-state index >= 15 is 0 Å². The fourth-order valence-electron chi connectivity index (χ4n) is 1.65. The predicted octanol–water partition coefficient (Wildman–Crippen LogP) is 1.24. The Hall–Kier alpha value is 0.00688. The summed E-state index contributed by atoms with van der Waals surface area (Å²) in [6, 6.07) is 0. The zero-order valence-corrected chi connectivity index (χ0v) is 12.6. The van der Waals surface area contributed by atoms with Crippen LogP contribution in [0.15, 0.2) is 0 Å². The highest BCUT2D eigenvalue weighted by atomic mass is 32.2. The van der Waals surface area contributed by atoms with E-state index in [1.807, 2.05) is 0 Å². The Morgan fingerprint density at radius 3 is 1.53 bits per heavy atom. The molecule has 0 saturated carbocycles. The number of hydrogen-bond acceptors (Lipinski definition) is 5. The monoisotopic (exact) mass is 286 g/mol. The smallest absolute Gasteiger partial charge is 0.373 e. The third-order valence-electron chi connectivity index (χ3n) is 2.16. The van der Waals surface area contributed by atoms with Crippen molar-refractivity contribution in [3.63, 3.8) is 0 Å². The van der Waals surface area contributed by atoms with Crippen molar-refractivity contribution in [3.8, 4) is 0 Å². The molecular weight excluding hydrogens is 264 g/mol. The van der Waals surface area contributed by atoms with Gasteiger partial charge in [0.2, 0.25) is 0 Å². The molecule has 1 unspecified atom stereocenters. The van der Waals surface area contributed by atoms with Crippen LogP contribution in [-0.2, 0) is 23.4 Å². The van der Waals surface area contributed by atoms with E-state index in [1.165, 1.54) is 0 Å². The van der Waals surface area contributed by atoms with Gasteiger partial charge in [0.1, 0.15) is 0 Å². The summed E-state index contributed by atoms with van der Waals surface area (Å²) in [6.45, 7) is 7.68. The standard InChI is InChI=1S/C9H22O6SSi/c1-5-9(16(10,11)12)17(13-6-2,14-7-3)15-8-4/h9H,5-8H2,1-4H3,(H,10,11,12). The third-order valence-corrected chi connectivity index (χ3v) is 8.24. The highest BCUT2D eigenvalue weighted by Gasteiger charge is 2.54. The summed E-state index contributed by atoms with van der Waals surface area (Å²) in [6.07, 6.45) is 0.186. The van der Waals surface area contributed by atoms with Crippen molar-refractivity contribution in [2.24, 2.45) is 0 Å². The van der Waals surface area contributed by atoms with E-state index in [0.717, 1.165) is 0 Å². The molecule has 1 N–H and O–H groups in total. The van der Waals surface area contributed by atoms with Crippen molar-refractivity contribution in [3.05, 3.63) is 0 Å². The van der Waals surface area contributed by atoms with Crippen molar-refractivity contribution in [2.45, 2.75) is 39.0 Å². The minimum atomic E-state index is -4.25. The Morgan fingerprint density at radius 2 is 1.35 bits per heavy atom. The second-order valence-corrected chi connectivity index (χ2v) is 8.10. The van der Waals surface area contributed by atoms with E-state index in [4.69, 9.17) is 13.3 Å². The minimum Gasteiger partial charge on any atom is -0.373 e. The molecule has 0 aromatic heterocycles. The van der Waals surface area contributed by atoms with Gasteiger partial charge in [0.05, 0.1) is 0 Å². The molecule has 17 heavy (non-hydrogen) atoms. The third kappa shape index (κ3) is 4.64. The molecule has 104 valence electrons. The lowest BCUT2D eigenvalue weighted by atomic mass is 10.6. The van der Waals surface area contributed by atoms with Gasteiger partial charge in [-0.15, -0.1) is 0 Å². The van der Waals surface area contributed by atoms with Crippen LogP contribution < -0.4 is 0 Å². The zero-order valence-electron chi connectivity index (χ0n) is 10.8. The van der Waals surface area contributed by atoms with E-state index in [0.29, 0.717) is 0 Å². The molecule has 0 spiro atoms. The Balaban J connectivity index is 5.34. The molecule has 0 aliphatic rings. The first-order valence-corrected chi connectivity index (χ1v) is 9.06. The van der Waals surface area contributed by atoms with Crippen molar-refractivity contribution >= 4 is 18.9 Å². The second kappa shape index (κ2) is 7.44. The summed E-state index contributed by atoms with van der Waals surface area (Å²) in [4.78, 5) is -1.13. The van der Waals surface area contributed by atoms with Crippen LogP contribution in [0.5, 0.6) is 0 Å². The van der Waals surface area contributed by atoms with Gasteiger partial charge < -0.3 is 13.3 Å². The van der Waals surface area contributed by atoms with E-state index in [1.54, 1.807) is 27.7 Å². The van der Waals surface area contributed by atoms with Gasteiger partial charge in [0.15, 0.2) is 4.87 Å². The average Bonchev–Trinajstić information content (AvgIpc) is 2.17. The molecular formula is C9H22O6SSi. The van der Waals surface area contributed by atoms with Crippen molar-refractivity contribution in [1.82, 2.24) is 0 Å². The first-order chi connectivity index (χ1) is 7.87. The van der Waals surface area contributed by atoms with E-state index < -0.39 is 23.8 Å². The van der Waals surface area contributed by atoms with Gasteiger partial charge in [-0.25, -0.2) is 0 Å². The summed E-state index contributed by atoms with van der Waals surface area (Å²) in [7, 11) is -7.65. The number of rotatable bonds is 9. The van der Waals surface area contributed by atoms with Crippen LogP contribution >= 0.6 is 0 Å². The molecule has 0 aliphatic carbocycles. The Bertz CT molecular complexity index is 288. The van der Waals surface area contributed by atoms with E-state index in [2.05, 4.69) is 0 Å². The van der Waals surface area contributed by atoms with Gasteiger partial charge in [-0.1, -0.05) is 6.92 Å². The van der Waals surface area contributed by atoms with Crippen LogP contribution in [0.1, 0.15) is 34.1 Å². The highest BCUT2D eigenvalue weighted by molar-refractivity contribution is 7.88. The fourth-order valence-corrected chi connectivity index (χ4v) is 6.66. The molecule has 0 radical (unpaired) electrons. The molecule has 0 amide bonds. The van der Waals surface area contributed by atoms with Crippen molar-refractivity contribution in [1.29, 1.82) is 0 Å². The lowest BCUT2D eigenvalue weighted by molar-refractivity contribution is 0.0678. The van der Waals surface area contributed by atoms with Gasteiger partial charge in [0, 0.05) is 19.8 Å². The molecule has 0 aromatic carbocycles. The molecule has 6 nitrogen and oxygen atoms in total. The Labute approximate surface area is 104 Å². The first kappa shape index (κ1) is 17.0. The minimum absolute atomic E-state index is 0.186. The summed E-state index contributed by atoms with van der Waals surface area (Å²) < 4.78 is 48.4. The average molecular weight is 286 g/mol. The maximum absolute atomic E-state index is 11.4. The molecule has 1 atom stereocenters. The van der Waals surface area contributed by atoms with Crippen LogP contribution in [0.25, 0.3) is 0 Å². The topological polar surface area (TPSA) is 82.1 Å². The summed E-state index contributed by atoms with van der Waals surface area (Å²) in [5.74, 6) is 0. The van der Waals surface area contributed by atoms with E-state index in [9.17, 15) is 13.0 Å². The maximum Gasteiger partial charge on any atom is 0.522 e. The van der Waals surface area contributed by atoms with Crippen LogP contribution in [-0.4, -0.2) is 46.5 Å². The Morgan fingerprint density at radius 1 is 1.00 bits per heavy atom. The molecule has 0 fully saturated rings. The lowest BCUT2D eigenvalue weighted by Gasteiger charge is -2.32. The van der Waals surface area contributed by atoms with Gasteiger partial charge in [-0.3, -0.25) is 4.55 Å². The molecule has 0 bridgehead atoms. The molecule has 8 heteroatoms.